The van der Waals surface area contributed by atoms with Crippen molar-refractivity contribution in [2.45, 2.75) is 13.3 Å². The molecule has 0 fully saturated rings. The molecule has 0 saturated heterocycles. The Labute approximate surface area is 164 Å². The predicted octanol–water partition coefficient (Wildman–Crippen LogP) is 5.80. The van der Waals surface area contributed by atoms with Gasteiger partial charge in [-0.1, -0.05) is 47.5 Å². The quantitative estimate of drug-likeness (QED) is 0.470. The lowest BCUT2D eigenvalue weighted by molar-refractivity contribution is 1.03. The smallest absolute Gasteiger partial charge is 0.166 e. The fourth-order valence-corrected chi connectivity index (χ4v) is 3.80. The van der Waals surface area contributed by atoms with Crippen molar-refractivity contribution < 1.29 is 0 Å². The first-order chi connectivity index (χ1) is 12.6. The molecule has 0 aliphatic carbocycles. The van der Waals surface area contributed by atoms with Gasteiger partial charge in [0.25, 0.3) is 0 Å². The molecule has 3 heterocycles. The second-order valence-electron chi connectivity index (χ2n) is 5.89. The van der Waals surface area contributed by atoms with Crippen LogP contribution in [-0.4, -0.2) is 19.9 Å². The number of hydrogen-bond donors (Lipinski definition) is 1. The van der Waals surface area contributed by atoms with Gasteiger partial charge in [0.05, 0.1) is 5.69 Å². The molecule has 0 radical (unpaired) electrons. The lowest BCUT2D eigenvalue weighted by atomic mass is 10.1. The number of aryl methyl sites for hydroxylation is 1. The summed E-state index contributed by atoms with van der Waals surface area (Å²) in [5, 5.41) is 3.73. The lowest BCUT2D eigenvalue weighted by Crippen LogP contribution is -1.90. The van der Waals surface area contributed by atoms with Crippen molar-refractivity contribution >= 4 is 34.5 Å². The van der Waals surface area contributed by atoms with Crippen LogP contribution in [0, 0.1) is 6.92 Å². The number of nitrogens with zero attached hydrogens (tertiary/aromatic N) is 3. The predicted molar refractivity (Wildman–Crippen MR) is 107 cm³/mol. The maximum Gasteiger partial charge on any atom is 0.166 e. The van der Waals surface area contributed by atoms with Crippen molar-refractivity contribution in [3.63, 3.8) is 0 Å². The molecule has 0 unspecified atom stereocenters. The number of halogens is 2. The first-order valence-electron chi connectivity index (χ1n) is 7.96. The number of rotatable bonds is 4. The number of thiazole rings is 1. The highest BCUT2D eigenvalue weighted by atomic mass is 35.5. The zero-order valence-corrected chi connectivity index (χ0v) is 16.2. The third kappa shape index (κ3) is 3.51. The molecule has 130 valence electrons. The summed E-state index contributed by atoms with van der Waals surface area (Å²) in [5.41, 5.74) is 5.40. The fraction of sp³-hybridized carbons (Fsp3) is 0.105. The highest BCUT2D eigenvalue weighted by Gasteiger charge is 2.10. The monoisotopic (exact) mass is 400 g/mol. The molecule has 4 aromatic rings. The van der Waals surface area contributed by atoms with Crippen LogP contribution in [-0.2, 0) is 6.42 Å². The highest BCUT2D eigenvalue weighted by molar-refractivity contribution is 7.13. The summed E-state index contributed by atoms with van der Waals surface area (Å²) in [6.07, 6.45) is 4.30. The van der Waals surface area contributed by atoms with E-state index in [0.29, 0.717) is 16.7 Å². The summed E-state index contributed by atoms with van der Waals surface area (Å²) in [7, 11) is 0. The zero-order chi connectivity index (χ0) is 18.1. The van der Waals surface area contributed by atoms with E-state index in [-0.39, 0.29) is 0 Å². The SMILES string of the molecule is Cc1ccncc1-c1csc(-c2ccc(Cc3nc(Cl)c(Cl)[nH]3)cc2)n1. The summed E-state index contributed by atoms with van der Waals surface area (Å²) < 4.78 is 0. The van der Waals surface area contributed by atoms with Crippen LogP contribution in [0.15, 0.2) is 48.1 Å². The van der Waals surface area contributed by atoms with Gasteiger partial charge in [0, 0.05) is 35.3 Å². The molecule has 7 heteroatoms. The Morgan fingerprint density at radius 3 is 2.58 bits per heavy atom. The van der Waals surface area contributed by atoms with E-state index in [0.717, 1.165) is 33.2 Å². The molecule has 1 aromatic carbocycles. The standard InChI is InChI=1S/C19H14Cl2N4S/c1-11-6-7-22-9-14(11)15-10-26-19(23-15)13-4-2-12(3-5-13)8-16-24-17(20)18(21)25-16/h2-7,9-10H,8H2,1H3,(H,24,25). The summed E-state index contributed by atoms with van der Waals surface area (Å²) in [4.78, 5) is 16.1. The largest absolute Gasteiger partial charge is 0.331 e. The molecule has 0 spiro atoms. The van der Waals surface area contributed by atoms with Gasteiger partial charge in [-0.3, -0.25) is 4.98 Å². The molecule has 0 saturated carbocycles. The number of H-pyrrole nitrogens is 1. The van der Waals surface area contributed by atoms with Crippen molar-refractivity contribution in [3.8, 4) is 21.8 Å². The van der Waals surface area contributed by atoms with E-state index >= 15 is 0 Å². The number of benzene rings is 1. The second kappa shape index (κ2) is 7.19. The molecule has 0 atom stereocenters. The van der Waals surface area contributed by atoms with E-state index in [2.05, 4.69) is 51.5 Å². The van der Waals surface area contributed by atoms with Gasteiger partial charge < -0.3 is 4.98 Å². The number of nitrogens with one attached hydrogen (secondary N) is 1. The summed E-state index contributed by atoms with van der Waals surface area (Å²) >= 11 is 13.4. The van der Waals surface area contributed by atoms with Crippen molar-refractivity contribution in [1.29, 1.82) is 0 Å². The van der Waals surface area contributed by atoms with E-state index in [1.165, 1.54) is 5.56 Å². The first kappa shape index (κ1) is 17.2. The topological polar surface area (TPSA) is 54.5 Å². The Balaban J connectivity index is 1.55. The average Bonchev–Trinajstić information content (AvgIpc) is 3.23. The van der Waals surface area contributed by atoms with Crippen LogP contribution < -0.4 is 0 Å². The number of aromatic amines is 1. The molecule has 1 N–H and O–H groups in total. The van der Waals surface area contributed by atoms with Gasteiger partial charge in [-0.2, -0.15) is 0 Å². The van der Waals surface area contributed by atoms with Crippen LogP contribution in [0.3, 0.4) is 0 Å². The molecule has 4 rings (SSSR count). The number of imidazole rings is 1. The third-order valence-corrected chi connectivity index (χ3v) is 5.60. The van der Waals surface area contributed by atoms with Crippen molar-refractivity contribution in [2.24, 2.45) is 0 Å². The lowest BCUT2D eigenvalue weighted by Gasteiger charge is -2.02. The number of pyridine rings is 1. The van der Waals surface area contributed by atoms with Crippen LogP contribution in [0.4, 0.5) is 0 Å². The Morgan fingerprint density at radius 2 is 1.88 bits per heavy atom. The van der Waals surface area contributed by atoms with E-state index in [1.807, 2.05) is 12.3 Å². The van der Waals surface area contributed by atoms with Gasteiger partial charge in [0.15, 0.2) is 5.15 Å². The van der Waals surface area contributed by atoms with E-state index in [1.54, 1.807) is 17.5 Å². The third-order valence-electron chi connectivity index (χ3n) is 4.06. The summed E-state index contributed by atoms with van der Waals surface area (Å²) in [6.45, 7) is 2.07. The normalized spacial score (nSPS) is 11.0. The molecular formula is C19H14Cl2N4S. The minimum absolute atomic E-state index is 0.305. The Bertz CT molecular complexity index is 1030. The van der Waals surface area contributed by atoms with E-state index in [4.69, 9.17) is 28.2 Å². The maximum absolute atomic E-state index is 5.90. The van der Waals surface area contributed by atoms with Gasteiger partial charge in [0.1, 0.15) is 16.0 Å². The van der Waals surface area contributed by atoms with Gasteiger partial charge in [-0.15, -0.1) is 11.3 Å². The minimum Gasteiger partial charge on any atom is -0.331 e. The molecule has 3 aromatic heterocycles. The molecule has 26 heavy (non-hydrogen) atoms. The average molecular weight is 401 g/mol. The molecular weight excluding hydrogens is 387 g/mol. The molecule has 0 aliphatic rings. The Kier molecular flexibility index (Phi) is 4.76. The fourth-order valence-electron chi connectivity index (χ4n) is 2.68. The molecule has 0 bridgehead atoms. The van der Waals surface area contributed by atoms with Crippen LogP contribution in [0.25, 0.3) is 21.8 Å². The minimum atomic E-state index is 0.305. The molecule has 4 nitrogen and oxygen atoms in total. The van der Waals surface area contributed by atoms with E-state index < -0.39 is 0 Å². The van der Waals surface area contributed by atoms with Crippen molar-refractivity contribution in [1.82, 2.24) is 19.9 Å². The maximum atomic E-state index is 5.90. The first-order valence-corrected chi connectivity index (χ1v) is 9.59. The van der Waals surface area contributed by atoms with Crippen LogP contribution >= 0.6 is 34.5 Å². The van der Waals surface area contributed by atoms with E-state index in [9.17, 15) is 0 Å². The van der Waals surface area contributed by atoms with Crippen LogP contribution in [0.1, 0.15) is 17.0 Å². The van der Waals surface area contributed by atoms with Gasteiger partial charge in [-0.05, 0) is 24.1 Å². The Hall–Kier alpha value is -2.21. The van der Waals surface area contributed by atoms with Crippen LogP contribution in [0.5, 0.6) is 0 Å². The number of aromatic nitrogens is 4. The summed E-state index contributed by atoms with van der Waals surface area (Å²) in [6, 6.07) is 10.3. The van der Waals surface area contributed by atoms with Crippen molar-refractivity contribution in [3.05, 3.63) is 75.4 Å². The highest BCUT2D eigenvalue weighted by Crippen LogP contribution is 2.30. The Morgan fingerprint density at radius 1 is 1.08 bits per heavy atom. The van der Waals surface area contributed by atoms with Gasteiger partial charge in [-0.25, -0.2) is 9.97 Å². The zero-order valence-electron chi connectivity index (χ0n) is 13.8. The summed E-state index contributed by atoms with van der Waals surface area (Å²) in [5.74, 6) is 0.747. The second-order valence-corrected chi connectivity index (χ2v) is 7.48. The van der Waals surface area contributed by atoms with Gasteiger partial charge in [0.2, 0.25) is 0 Å². The number of hydrogen-bond acceptors (Lipinski definition) is 4. The van der Waals surface area contributed by atoms with Crippen LogP contribution in [0.2, 0.25) is 10.3 Å². The molecule has 0 aliphatic heterocycles. The van der Waals surface area contributed by atoms with Gasteiger partial charge >= 0.3 is 0 Å². The molecule has 0 amide bonds. The van der Waals surface area contributed by atoms with Crippen molar-refractivity contribution in [2.75, 3.05) is 0 Å².